The van der Waals surface area contributed by atoms with Crippen molar-refractivity contribution in [1.29, 1.82) is 0 Å². The molecule has 0 amide bonds. The monoisotopic (exact) mass is 213 g/mol. The van der Waals surface area contributed by atoms with Crippen molar-refractivity contribution in [3.63, 3.8) is 0 Å². The Morgan fingerprint density at radius 2 is 1.60 bits per heavy atom. The van der Waals surface area contributed by atoms with Crippen LogP contribution < -0.4 is 5.32 Å². The van der Waals surface area contributed by atoms with Crippen LogP contribution in [0.15, 0.2) is 0 Å². The standard InChI is InChI=1S/C13H27NO/c1-12(2,3)10-9(8-15)7-14-11(10)13(4,5)6/h9-11,14-15H,7-8H2,1-6H3/t9?,10?,11-/m0/s1. The summed E-state index contributed by atoms with van der Waals surface area (Å²) < 4.78 is 0. The molecule has 15 heavy (non-hydrogen) atoms. The van der Waals surface area contributed by atoms with Gasteiger partial charge in [-0.25, -0.2) is 0 Å². The summed E-state index contributed by atoms with van der Waals surface area (Å²) in [5.41, 5.74) is 0.525. The molecule has 0 aromatic heterocycles. The van der Waals surface area contributed by atoms with E-state index in [-0.39, 0.29) is 10.8 Å². The zero-order chi connectivity index (χ0) is 11.9. The van der Waals surface area contributed by atoms with E-state index in [9.17, 15) is 5.11 Å². The van der Waals surface area contributed by atoms with E-state index < -0.39 is 0 Å². The van der Waals surface area contributed by atoms with Gasteiger partial charge in [-0.2, -0.15) is 0 Å². The minimum absolute atomic E-state index is 0.259. The first-order valence-corrected chi connectivity index (χ1v) is 6.02. The van der Waals surface area contributed by atoms with Crippen LogP contribution in [-0.2, 0) is 0 Å². The van der Waals surface area contributed by atoms with E-state index in [0.29, 0.717) is 24.5 Å². The zero-order valence-electron chi connectivity index (χ0n) is 11.1. The summed E-state index contributed by atoms with van der Waals surface area (Å²) in [6, 6.07) is 0.509. The van der Waals surface area contributed by atoms with Gasteiger partial charge in [0.25, 0.3) is 0 Å². The Hall–Kier alpha value is -0.0800. The maximum Gasteiger partial charge on any atom is 0.0474 e. The first kappa shape index (κ1) is 13.0. The Bertz CT molecular complexity index is 212. The van der Waals surface area contributed by atoms with Gasteiger partial charge in [0.2, 0.25) is 0 Å². The summed E-state index contributed by atoms with van der Waals surface area (Å²) in [5.74, 6) is 0.969. The van der Waals surface area contributed by atoms with Crippen molar-refractivity contribution in [3.05, 3.63) is 0 Å². The second-order valence-electron chi connectivity index (χ2n) is 7.09. The summed E-state index contributed by atoms with van der Waals surface area (Å²) in [4.78, 5) is 0. The van der Waals surface area contributed by atoms with E-state index >= 15 is 0 Å². The van der Waals surface area contributed by atoms with Crippen LogP contribution in [0.3, 0.4) is 0 Å². The summed E-state index contributed by atoms with van der Waals surface area (Å²) in [7, 11) is 0. The lowest BCUT2D eigenvalue weighted by molar-refractivity contribution is 0.0817. The van der Waals surface area contributed by atoms with Crippen LogP contribution in [-0.4, -0.2) is 24.3 Å². The predicted octanol–water partition coefficient (Wildman–Crippen LogP) is 2.28. The van der Waals surface area contributed by atoms with E-state index in [0.717, 1.165) is 6.54 Å². The Morgan fingerprint density at radius 3 is 1.93 bits per heavy atom. The number of hydrogen-bond acceptors (Lipinski definition) is 2. The van der Waals surface area contributed by atoms with Gasteiger partial charge in [0, 0.05) is 19.2 Å². The van der Waals surface area contributed by atoms with Crippen molar-refractivity contribution >= 4 is 0 Å². The highest BCUT2D eigenvalue weighted by atomic mass is 16.3. The van der Waals surface area contributed by atoms with Crippen LogP contribution in [0.2, 0.25) is 0 Å². The molecular formula is C13H27NO. The molecule has 1 fully saturated rings. The van der Waals surface area contributed by atoms with Crippen molar-refractivity contribution in [2.75, 3.05) is 13.2 Å². The first-order chi connectivity index (χ1) is 6.68. The fraction of sp³-hybridized carbons (Fsp3) is 1.00. The lowest BCUT2D eigenvalue weighted by Gasteiger charge is -2.41. The highest BCUT2D eigenvalue weighted by Crippen LogP contribution is 2.43. The van der Waals surface area contributed by atoms with Crippen molar-refractivity contribution in [3.8, 4) is 0 Å². The molecule has 0 bridgehead atoms. The highest BCUT2D eigenvalue weighted by molar-refractivity contribution is 5.00. The molecule has 0 saturated carbocycles. The third-order valence-corrected chi connectivity index (χ3v) is 3.63. The average molecular weight is 213 g/mol. The molecule has 0 radical (unpaired) electrons. The third-order valence-electron chi connectivity index (χ3n) is 3.63. The molecule has 3 atom stereocenters. The summed E-state index contributed by atoms with van der Waals surface area (Å²) >= 11 is 0. The van der Waals surface area contributed by atoms with Gasteiger partial charge in [0.05, 0.1) is 0 Å². The van der Waals surface area contributed by atoms with Gasteiger partial charge in [0.1, 0.15) is 0 Å². The zero-order valence-corrected chi connectivity index (χ0v) is 11.1. The summed E-state index contributed by atoms with van der Waals surface area (Å²) in [5, 5.41) is 13.0. The molecule has 0 aliphatic carbocycles. The van der Waals surface area contributed by atoms with Crippen LogP contribution in [0.5, 0.6) is 0 Å². The predicted molar refractivity (Wildman–Crippen MR) is 64.8 cm³/mol. The van der Waals surface area contributed by atoms with Gasteiger partial charge in [-0.15, -0.1) is 0 Å². The normalized spacial score (nSPS) is 33.4. The smallest absolute Gasteiger partial charge is 0.0474 e. The van der Waals surface area contributed by atoms with Crippen molar-refractivity contribution in [2.45, 2.75) is 47.6 Å². The van der Waals surface area contributed by atoms with E-state index in [4.69, 9.17) is 0 Å². The Morgan fingerprint density at radius 1 is 1.07 bits per heavy atom. The topological polar surface area (TPSA) is 32.3 Å². The van der Waals surface area contributed by atoms with Crippen LogP contribution >= 0.6 is 0 Å². The van der Waals surface area contributed by atoms with Crippen molar-refractivity contribution < 1.29 is 5.11 Å². The summed E-state index contributed by atoms with van der Waals surface area (Å²) in [6.45, 7) is 15.0. The molecule has 1 rings (SSSR count). The molecule has 2 unspecified atom stereocenters. The largest absolute Gasteiger partial charge is 0.396 e. The van der Waals surface area contributed by atoms with Crippen LogP contribution in [0.1, 0.15) is 41.5 Å². The van der Waals surface area contributed by atoms with E-state index in [2.05, 4.69) is 46.9 Å². The van der Waals surface area contributed by atoms with Gasteiger partial charge < -0.3 is 10.4 Å². The molecule has 1 aliphatic rings. The molecule has 1 aliphatic heterocycles. The fourth-order valence-corrected chi connectivity index (χ4v) is 3.03. The second kappa shape index (κ2) is 4.06. The number of nitrogens with one attached hydrogen (secondary N) is 1. The summed E-state index contributed by atoms with van der Waals surface area (Å²) in [6.07, 6.45) is 0. The van der Waals surface area contributed by atoms with Crippen molar-refractivity contribution in [2.24, 2.45) is 22.7 Å². The number of aliphatic hydroxyl groups excluding tert-OH is 1. The molecule has 0 aromatic rings. The number of aliphatic hydroxyl groups is 1. The lowest BCUT2D eigenvalue weighted by atomic mass is 9.66. The fourth-order valence-electron chi connectivity index (χ4n) is 3.03. The molecular weight excluding hydrogens is 186 g/mol. The maximum absolute atomic E-state index is 9.44. The van der Waals surface area contributed by atoms with Gasteiger partial charge in [-0.05, 0) is 22.7 Å². The first-order valence-electron chi connectivity index (χ1n) is 6.02. The second-order valence-corrected chi connectivity index (χ2v) is 7.09. The van der Waals surface area contributed by atoms with E-state index in [1.165, 1.54) is 0 Å². The lowest BCUT2D eigenvalue weighted by Crippen LogP contribution is -2.45. The molecule has 90 valence electrons. The number of hydrogen-bond donors (Lipinski definition) is 2. The van der Waals surface area contributed by atoms with Gasteiger partial charge in [0.15, 0.2) is 0 Å². The van der Waals surface area contributed by atoms with E-state index in [1.807, 2.05) is 0 Å². The van der Waals surface area contributed by atoms with Crippen LogP contribution in [0.25, 0.3) is 0 Å². The maximum atomic E-state index is 9.44. The average Bonchev–Trinajstić information content (AvgIpc) is 2.44. The molecule has 2 heteroatoms. The molecule has 1 heterocycles. The molecule has 1 saturated heterocycles. The van der Waals surface area contributed by atoms with Gasteiger partial charge in [-0.1, -0.05) is 41.5 Å². The Balaban J connectivity index is 2.92. The molecule has 0 spiro atoms. The minimum atomic E-state index is 0.259. The SMILES string of the molecule is CC(C)(C)C1C(CO)CN[C@@H]1C(C)(C)C. The molecule has 0 aromatic carbocycles. The highest BCUT2D eigenvalue weighted by Gasteiger charge is 2.46. The third kappa shape index (κ3) is 2.73. The molecule has 2 N–H and O–H groups in total. The van der Waals surface area contributed by atoms with Crippen LogP contribution in [0.4, 0.5) is 0 Å². The van der Waals surface area contributed by atoms with Gasteiger partial charge >= 0.3 is 0 Å². The van der Waals surface area contributed by atoms with Gasteiger partial charge in [-0.3, -0.25) is 0 Å². The Kier molecular flexibility index (Phi) is 3.52. The van der Waals surface area contributed by atoms with Crippen LogP contribution in [0, 0.1) is 22.7 Å². The quantitative estimate of drug-likeness (QED) is 0.700. The number of rotatable bonds is 1. The van der Waals surface area contributed by atoms with Crippen molar-refractivity contribution in [1.82, 2.24) is 5.32 Å². The van der Waals surface area contributed by atoms with E-state index in [1.54, 1.807) is 0 Å². The Labute approximate surface area is 94.5 Å². The minimum Gasteiger partial charge on any atom is -0.396 e. The molecule has 2 nitrogen and oxygen atoms in total.